The Balaban J connectivity index is 2.20. The summed E-state index contributed by atoms with van der Waals surface area (Å²) in [4.78, 5) is 25.5. The molecule has 8 nitrogen and oxygen atoms in total. The van der Waals surface area contributed by atoms with Crippen LogP contribution in [0.1, 0.15) is 50.4 Å². The van der Waals surface area contributed by atoms with Gasteiger partial charge in [0.2, 0.25) is 0 Å². The number of ether oxygens (including phenoxy) is 2. The van der Waals surface area contributed by atoms with Gasteiger partial charge in [0.15, 0.2) is 11.5 Å². The summed E-state index contributed by atoms with van der Waals surface area (Å²) in [5.74, 6) is -2.15. The monoisotopic (exact) mass is 390 g/mol. The zero-order valence-corrected chi connectivity index (χ0v) is 16.4. The SMILES string of the molecule is CCOc1cc([C@@H]2c3c([nH][nH]c3=O)C[C@](C)(O)[C@@H]2C(=O)OC(C)C)ccc1O. The van der Waals surface area contributed by atoms with E-state index in [1.807, 2.05) is 0 Å². The van der Waals surface area contributed by atoms with Gasteiger partial charge in [0, 0.05) is 23.6 Å². The van der Waals surface area contributed by atoms with Crippen molar-refractivity contribution in [3.63, 3.8) is 0 Å². The van der Waals surface area contributed by atoms with Gasteiger partial charge in [-0.2, -0.15) is 0 Å². The summed E-state index contributed by atoms with van der Waals surface area (Å²) >= 11 is 0. The fourth-order valence-electron chi connectivity index (χ4n) is 3.92. The molecule has 4 N–H and O–H groups in total. The topological polar surface area (TPSA) is 125 Å². The molecule has 28 heavy (non-hydrogen) atoms. The second kappa shape index (κ2) is 7.35. The molecule has 1 aliphatic carbocycles. The van der Waals surface area contributed by atoms with E-state index in [1.165, 1.54) is 6.07 Å². The third kappa shape index (κ3) is 3.52. The van der Waals surface area contributed by atoms with E-state index in [4.69, 9.17) is 9.47 Å². The molecule has 0 spiro atoms. The number of carbonyl (C=O) groups excluding carboxylic acids is 1. The summed E-state index contributed by atoms with van der Waals surface area (Å²) in [5.41, 5.74) is -0.314. The van der Waals surface area contributed by atoms with E-state index in [-0.39, 0.29) is 29.6 Å². The average Bonchev–Trinajstić information content (AvgIpc) is 2.94. The van der Waals surface area contributed by atoms with Crippen molar-refractivity contribution in [2.45, 2.75) is 51.7 Å². The number of hydrogen-bond acceptors (Lipinski definition) is 6. The Morgan fingerprint density at radius 1 is 1.36 bits per heavy atom. The number of carbonyl (C=O) groups is 1. The van der Waals surface area contributed by atoms with Gasteiger partial charge >= 0.3 is 5.97 Å². The van der Waals surface area contributed by atoms with Gasteiger partial charge < -0.3 is 24.8 Å². The molecule has 0 saturated heterocycles. The Bertz CT molecular complexity index is 927. The van der Waals surface area contributed by atoms with Gasteiger partial charge in [0.25, 0.3) is 5.56 Å². The van der Waals surface area contributed by atoms with Gasteiger partial charge in [-0.05, 0) is 45.4 Å². The van der Waals surface area contributed by atoms with Crippen LogP contribution in [0.25, 0.3) is 0 Å². The number of phenolic OH excluding ortho intramolecular Hbond substituents is 1. The number of hydrogen-bond donors (Lipinski definition) is 4. The summed E-state index contributed by atoms with van der Waals surface area (Å²) < 4.78 is 10.9. The Labute approximate surface area is 162 Å². The molecule has 0 radical (unpaired) electrons. The van der Waals surface area contributed by atoms with Crippen molar-refractivity contribution in [1.82, 2.24) is 10.2 Å². The van der Waals surface area contributed by atoms with Crippen LogP contribution in [0.4, 0.5) is 0 Å². The minimum Gasteiger partial charge on any atom is -0.504 e. The van der Waals surface area contributed by atoms with Crippen LogP contribution < -0.4 is 10.3 Å². The lowest BCUT2D eigenvalue weighted by Crippen LogP contribution is -2.50. The van der Waals surface area contributed by atoms with Crippen molar-refractivity contribution < 1.29 is 24.5 Å². The molecular formula is C20H26N2O6. The predicted molar refractivity (Wildman–Crippen MR) is 102 cm³/mol. The van der Waals surface area contributed by atoms with Crippen LogP contribution in [-0.4, -0.2) is 44.7 Å². The predicted octanol–water partition coefficient (Wildman–Crippen LogP) is 1.81. The molecule has 0 amide bonds. The van der Waals surface area contributed by atoms with Crippen LogP contribution in [0, 0.1) is 5.92 Å². The normalized spacial score (nSPS) is 24.1. The highest BCUT2D eigenvalue weighted by Crippen LogP contribution is 2.46. The largest absolute Gasteiger partial charge is 0.504 e. The fraction of sp³-hybridized carbons (Fsp3) is 0.500. The van der Waals surface area contributed by atoms with Crippen LogP contribution in [0.3, 0.4) is 0 Å². The van der Waals surface area contributed by atoms with Gasteiger partial charge in [-0.15, -0.1) is 0 Å². The number of nitrogens with one attached hydrogen (secondary N) is 2. The van der Waals surface area contributed by atoms with Crippen molar-refractivity contribution in [2.24, 2.45) is 5.92 Å². The maximum atomic E-state index is 12.9. The summed E-state index contributed by atoms with van der Waals surface area (Å²) in [5, 5.41) is 26.5. The number of phenols is 1. The first kappa shape index (κ1) is 20.0. The average molecular weight is 390 g/mol. The number of H-pyrrole nitrogens is 2. The molecule has 0 aliphatic heterocycles. The van der Waals surface area contributed by atoms with Crippen LogP contribution in [0.2, 0.25) is 0 Å². The first-order chi connectivity index (χ1) is 13.2. The zero-order chi connectivity index (χ0) is 20.6. The lowest BCUT2D eigenvalue weighted by atomic mass is 9.66. The number of rotatable bonds is 5. The second-order valence-corrected chi connectivity index (χ2v) is 7.61. The van der Waals surface area contributed by atoms with Crippen molar-refractivity contribution in [1.29, 1.82) is 0 Å². The van der Waals surface area contributed by atoms with Crippen molar-refractivity contribution in [3.05, 3.63) is 45.4 Å². The molecule has 1 aromatic heterocycles. The zero-order valence-electron chi connectivity index (χ0n) is 16.4. The number of aromatic hydroxyl groups is 1. The van der Waals surface area contributed by atoms with Gasteiger partial charge in [0.1, 0.15) is 0 Å². The number of benzene rings is 1. The molecule has 1 aliphatic rings. The van der Waals surface area contributed by atoms with E-state index in [1.54, 1.807) is 39.8 Å². The fourth-order valence-corrected chi connectivity index (χ4v) is 3.92. The Hall–Kier alpha value is -2.74. The highest BCUT2D eigenvalue weighted by molar-refractivity contribution is 5.77. The number of fused-ring (bicyclic) bond motifs is 1. The molecule has 8 heteroatoms. The maximum Gasteiger partial charge on any atom is 0.313 e. The second-order valence-electron chi connectivity index (χ2n) is 7.61. The van der Waals surface area contributed by atoms with Crippen molar-refractivity contribution in [3.8, 4) is 11.5 Å². The third-order valence-corrected chi connectivity index (χ3v) is 4.99. The summed E-state index contributed by atoms with van der Waals surface area (Å²) in [7, 11) is 0. The highest BCUT2D eigenvalue weighted by atomic mass is 16.5. The van der Waals surface area contributed by atoms with E-state index < -0.39 is 23.4 Å². The van der Waals surface area contributed by atoms with Crippen LogP contribution in [0.5, 0.6) is 11.5 Å². The Morgan fingerprint density at radius 3 is 2.71 bits per heavy atom. The first-order valence-corrected chi connectivity index (χ1v) is 9.33. The highest BCUT2D eigenvalue weighted by Gasteiger charge is 2.51. The van der Waals surface area contributed by atoms with E-state index in [9.17, 15) is 19.8 Å². The number of esters is 1. The lowest BCUT2D eigenvalue weighted by molar-refractivity contribution is -0.163. The summed E-state index contributed by atoms with van der Waals surface area (Å²) in [6.07, 6.45) is -0.264. The Kier molecular flexibility index (Phi) is 5.25. The van der Waals surface area contributed by atoms with Gasteiger partial charge in [-0.25, -0.2) is 0 Å². The van der Waals surface area contributed by atoms with E-state index in [0.29, 0.717) is 23.4 Å². The standard InChI is InChI=1S/C20H26N2O6/c1-5-27-14-8-11(6-7-13(14)23)15-16-12(21-22-18(16)24)9-20(4,26)17(15)19(25)28-10(2)3/h6-8,10,15,17,23,26H,5,9H2,1-4H3,(H2,21,22,24)/t15-,17+,20+/m1/s1. The van der Waals surface area contributed by atoms with Gasteiger partial charge in [0.05, 0.1) is 24.2 Å². The molecule has 3 atom stereocenters. The number of aliphatic hydroxyl groups is 1. The van der Waals surface area contributed by atoms with Crippen LogP contribution in [0.15, 0.2) is 23.0 Å². The quantitative estimate of drug-likeness (QED) is 0.577. The minimum atomic E-state index is -1.45. The molecular weight excluding hydrogens is 364 g/mol. The molecule has 1 heterocycles. The van der Waals surface area contributed by atoms with Crippen molar-refractivity contribution in [2.75, 3.05) is 6.61 Å². The van der Waals surface area contributed by atoms with Crippen molar-refractivity contribution >= 4 is 5.97 Å². The van der Waals surface area contributed by atoms with Gasteiger partial charge in [-0.1, -0.05) is 6.07 Å². The maximum absolute atomic E-state index is 12.9. The number of aromatic amines is 2. The first-order valence-electron chi connectivity index (χ1n) is 9.33. The lowest BCUT2D eigenvalue weighted by Gasteiger charge is -2.40. The Morgan fingerprint density at radius 2 is 2.07 bits per heavy atom. The third-order valence-electron chi connectivity index (χ3n) is 4.99. The minimum absolute atomic E-state index is 0.0438. The van der Waals surface area contributed by atoms with E-state index in [0.717, 1.165) is 0 Å². The molecule has 0 fully saturated rings. The molecule has 2 aromatic rings. The molecule has 1 aromatic carbocycles. The molecule has 152 valence electrons. The molecule has 0 bridgehead atoms. The summed E-state index contributed by atoms with van der Waals surface area (Å²) in [6.45, 7) is 7.15. The summed E-state index contributed by atoms with van der Waals surface area (Å²) in [6, 6.07) is 4.67. The van der Waals surface area contributed by atoms with Crippen LogP contribution >= 0.6 is 0 Å². The van der Waals surface area contributed by atoms with Gasteiger partial charge in [-0.3, -0.25) is 14.7 Å². The van der Waals surface area contributed by atoms with E-state index in [2.05, 4.69) is 10.2 Å². The number of aromatic nitrogens is 2. The molecule has 0 unspecified atom stereocenters. The van der Waals surface area contributed by atoms with Crippen LogP contribution in [-0.2, 0) is 16.0 Å². The molecule has 3 rings (SSSR count). The smallest absolute Gasteiger partial charge is 0.313 e. The molecule has 0 saturated carbocycles. The van der Waals surface area contributed by atoms with E-state index >= 15 is 0 Å².